The molecule has 1 unspecified atom stereocenters. The Balaban J connectivity index is 1.97. The summed E-state index contributed by atoms with van der Waals surface area (Å²) >= 11 is 0. The SMILES string of the molecule is CC(C)(C)OC(=O)NCCNC(=O)COc1cccc2c1C(=O)N(C(CCC=O)C(N)=O)C2=O. The molecule has 5 amide bonds. The van der Waals surface area contributed by atoms with Gasteiger partial charge in [0.25, 0.3) is 17.7 Å². The second kappa shape index (κ2) is 11.3. The van der Waals surface area contributed by atoms with Crippen molar-refractivity contribution in [2.24, 2.45) is 5.73 Å². The van der Waals surface area contributed by atoms with Gasteiger partial charge in [0.1, 0.15) is 23.7 Å². The van der Waals surface area contributed by atoms with Gasteiger partial charge < -0.3 is 30.6 Å². The Morgan fingerprint density at radius 3 is 2.41 bits per heavy atom. The number of ether oxygens (including phenoxy) is 2. The number of carbonyl (C=O) groups excluding carboxylic acids is 6. The van der Waals surface area contributed by atoms with Crippen LogP contribution in [0.15, 0.2) is 18.2 Å². The van der Waals surface area contributed by atoms with Gasteiger partial charge in [0.2, 0.25) is 5.91 Å². The van der Waals surface area contributed by atoms with Gasteiger partial charge in [0.05, 0.1) is 11.1 Å². The van der Waals surface area contributed by atoms with Crippen LogP contribution in [-0.4, -0.2) is 72.2 Å². The van der Waals surface area contributed by atoms with Crippen LogP contribution in [0, 0.1) is 0 Å². The van der Waals surface area contributed by atoms with Crippen LogP contribution in [0.25, 0.3) is 0 Å². The first kappa shape index (κ1) is 26.3. The zero-order chi connectivity index (χ0) is 25.5. The fourth-order valence-electron chi connectivity index (χ4n) is 3.18. The molecule has 1 aromatic carbocycles. The van der Waals surface area contributed by atoms with Crippen molar-refractivity contribution in [3.8, 4) is 5.75 Å². The van der Waals surface area contributed by atoms with Gasteiger partial charge in [-0.15, -0.1) is 0 Å². The summed E-state index contributed by atoms with van der Waals surface area (Å²) < 4.78 is 10.5. The molecule has 0 fully saturated rings. The number of carbonyl (C=O) groups is 6. The van der Waals surface area contributed by atoms with Crippen molar-refractivity contribution in [1.29, 1.82) is 0 Å². The standard InChI is InChI=1S/C22H28N4O8/c1-22(2,3)34-21(32)25-10-9-24-16(28)12-33-15-8-4-6-13-17(15)20(31)26(19(13)30)14(18(23)29)7-5-11-27/h4,6,8,11,14H,5,7,9-10,12H2,1-3H3,(H2,23,29)(H,24,28)(H,25,32). The van der Waals surface area contributed by atoms with Crippen LogP contribution in [0.2, 0.25) is 0 Å². The zero-order valence-corrected chi connectivity index (χ0v) is 19.2. The second-order valence-electron chi connectivity index (χ2n) is 8.39. The van der Waals surface area contributed by atoms with Gasteiger partial charge in [0, 0.05) is 19.5 Å². The fourth-order valence-corrected chi connectivity index (χ4v) is 3.18. The number of rotatable bonds is 11. The van der Waals surface area contributed by atoms with Crippen molar-refractivity contribution in [3.63, 3.8) is 0 Å². The highest BCUT2D eigenvalue weighted by Crippen LogP contribution is 2.32. The number of fused-ring (bicyclic) bond motifs is 1. The summed E-state index contributed by atoms with van der Waals surface area (Å²) in [6.07, 6.45) is -0.217. The van der Waals surface area contributed by atoms with E-state index in [9.17, 15) is 28.8 Å². The maximum Gasteiger partial charge on any atom is 0.407 e. The number of alkyl carbamates (subject to hydrolysis) is 1. The predicted octanol–water partition coefficient (Wildman–Crippen LogP) is 0.135. The van der Waals surface area contributed by atoms with Gasteiger partial charge in [-0.25, -0.2) is 4.79 Å². The summed E-state index contributed by atoms with van der Waals surface area (Å²) in [5.41, 5.74) is 4.61. The highest BCUT2D eigenvalue weighted by molar-refractivity contribution is 6.24. The first-order valence-electron chi connectivity index (χ1n) is 10.6. The Kier molecular flexibility index (Phi) is 8.70. The number of nitrogens with two attached hydrogens (primary N) is 1. The van der Waals surface area contributed by atoms with Crippen molar-refractivity contribution in [2.45, 2.75) is 45.3 Å². The number of benzene rings is 1. The van der Waals surface area contributed by atoms with Crippen molar-refractivity contribution in [3.05, 3.63) is 29.3 Å². The number of nitrogens with one attached hydrogen (secondary N) is 2. The van der Waals surface area contributed by atoms with Crippen LogP contribution in [0.1, 0.15) is 54.3 Å². The number of primary amides is 1. The van der Waals surface area contributed by atoms with Crippen LogP contribution < -0.4 is 21.1 Å². The molecule has 1 aromatic rings. The summed E-state index contributed by atoms with van der Waals surface area (Å²) in [6, 6.07) is 2.99. The van der Waals surface area contributed by atoms with E-state index in [4.69, 9.17) is 15.2 Å². The highest BCUT2D eigenvalue weighted by atomic mass is 16.6. The Hall–Kier alpha value is -3.96. The Morgan fingerprint density at radius 1 is 1.12 bits per heavy atom. The Bertz CT molecular complexity index is 986. The lowest BCUT2D eigenvalue weighted by molar-refractivity contribution is -0.123. The molecule has 1 aliphatic rings. The van der Waals surface area contributed by atoms with Gasteiger partial charge in [-0.2, -0.15) is 0 Å². The molecule has 0 saturated carbocycles. The monoisotopic (exact) mass is 476 g/mol. The summed E-state index contributed by atoms with van der Waals surface area (Å²) in [4.78, 5) is 72.6. The molecule has 0 aromatic heterocycles. The van der Waals surface area contributed by atoms with Crippen molar-refractivity contribution >= 4 is 36.0 Å². The van der Waals surface area contributed by atoms with Crippen LogP contribution in [0.5, 0.6) is 5.75 Å². The largest absolute Gasteiger partial charge is 0.483 e. The third-order valence-corrected chi connectivity index (χ3v) is 4.58. The molecule has 12 nitrogen and oxygen atoms in total. The van der Waals surface area contributed by atoms with E-state index in [0.717, 1.165) is 0 Å². The second-order valence-corrected chi connectivity index (χ2v) is 8.39. The molecule has 12 heteroatoms. The van der Waals surface area contributed by atoms with Gasteiger partial charge in [-0.3, -0.25) is 24.1 Å². The molecule has 1 heterocycles. The van der Waals surface area contributed by atoms with E-state index in [0.29, 0.717) is 11.2 Å². The minimum Gasteiger partial charge on any atom is -0.483 e. The summed E-state index contributed by atoms with van der Waals surface area (Å²) in [6.45, 7) is 4.94. The Morgan fingerprint density at radius 2 is 1.79 bits per heavy atom. The summed E-state index contributed by atoms with van der Waals surface area (Å²) in [7, 11) is 0. The summed E-state index contributed by atoms with van der Waals surface area (Å²) in [5.74, 6) is -3.00. The molecular formula is C22H28N4O8. The topological polar surface area (TPSA) is 174 Å². The summed E-state index contributed by atoms with van der Waals surface area (Å²) in [5, 5.41) is 5.02. The van der Waals surface area contributed by atoms with E-state index >= 15 is 0 Å². The normalized spacial score (nSPS) is 13.7. The number of hydrogen-bond acceptors (Lipinski definition) is 8. The van der Waals surface area contributed by atoms with Crippen LogP contribution in [-0.2, 0) is 19.1 Å². The number of aldehydes is 1. The fraction of sp³-hybridized carbons (Fsp3) is 0.455. The molecule has 184 valence electrons. The van der Waals surface area contributed by atoms with Crippen molar-refractivity contribution in [2.75, 3.05) is 19.7 Å². The lowest BCUT2D eigenvalue weighted by atomic mass is 10.1. The number of hydrogen-bond donors (Lipinski definition) is 3. The van der Waals surface area contributed by atoms with Gasteiger partial charge in [-0.05, 0) is 39.3 Å². The van der Waals surface area contributed by atoms with Crippen LogP contribution in [0.3, 0.4) is 0 Å². The quantitative estimate of drug-likeness (QED) is 0.229. The van der Waals surface area contributed by atoms with Crippen molar-refractivity contribution < 1.29 is 38.2 Å². The number of amides is 5. The average molecular weight is 476 g/mol. The smallest absolute Gasteiger partial charge is 0.407 e. The number of imide groups is 1. The number of nitrogens with zero attached hydrogens (tertiary/aromatic N) is 1. The van der Waals surface area contributed by atoms with E-state index in [1.807, 2.05) is 0 Å². The maximum absolute atomic E-state index is 12.9. The molecule has 0 saturated heterocycles. The average Bonchev–Trinajstić information content (AvgIpc) is 3.00. The first-order valence-corrected chi connectivity index (χ1v) is 10.6. The van der Waals surface area contributed by atoms with Gasteiger partial charge in [0.15, 0.2) is 6.61 Å². The first-order chi connectivity index (χ1) is 16.0. The Labute approximate surface area is 196 Å². The highest BCUT2D eigenvalue weighted by Gasteiger charge is 2.43. The minimum atomic E-state index is -1.29. The van der Waals surface area contributed by atoms with E-state index < -0.39 is 48.0 Å². The van der Waals surface area contributed by atoms with Gasteiger partial charge in [-0.1, -0.05) is 6.07 Å². The molecule has 1 atom stereocenters. The van der Waals surface area contributed by atoms with Gasteiger partial charge >= 0.3 is 6.09 Å². The molecule has 0 bridgehead atoms. The molecular weight excluding hydrogens is 448 g/mol. The molecule has 34 heavy (non-hydrogen) atoms. The lowest BCUT2D eigenvalue weighted by Gasteiger charge is -2.22. The molecule has 4 N–H and O–H groups in total. The van der Waals surface area contributed by atoms with Crippen LogP contribution in [0.4, 0.5) is 4.79 Å². The third kappa shape index (κ3) is 6.77. The molecule has 2 rings (SSSR count). The van der Waals surface area contributed by atoms with Crippen molar-refractivity contribution in [1.82, 2.24) is 15.5 Å². The van der Waals surface area contributed by atoms with E-state index in [1.54, 1.807) is 20.8 Å². The lowest BCUT2D eigenvalue weighted by Crippen LogP contribution is -2.47. The van der Waals surface area contributed by atoms with Crippen LogP contribution >= 0.6 is 0 Å². The zero-order valence-electron chi connectivity index (χ0n) is 19.2. The third-order valence-electron chi connectivity index (χ3n) is 4.58. The maximum atomic E-state index is 12.9. The van der Waals surface area contributed by atoms with E-state index in [1.165, 1.54) is 18.2 Å². The molecule has 0 aliphatic carbocycles. The minimum absolute atomic E-state index is 0.00169. The van der Waals surface area contributed by atoms with E-state index in [2.05, 4.69) is 10.6 Å². The molecule has 0 radical (unpaired) electrons. The predicted molar refractivity (Wildman–Crippen MR) is 118 cm³/mol. The molecule has 1 aliphatic heterocycles. The molecule has 0 spiro atoms. The van der Waals surface area contributed by atoms with E-state index in [-0.39, 0.29) is 42.8 Å².